The standard InChI is InChI=1S/C51H34F4N6O3S/c1-62-30-10-4-27(5-11-30)42-33-16-18-35(58-33)43(28-6-12-31(63-2)13-7-28)37-20-22-39(60-37)45(46-47(52)49(54)51(50(55)48(46)53)65-41-24-25-56-26-57-41)40-23-21-38(61-40)44(36-19-17-34(42)59-36)29-8-14-32(64-3)15-9-29/h4-26,58-59H,1-3H3. The van der Waals surface area contributed by atoms with Crippen molar-refractivity contribution in [2.45, 2.75) is 9.92 Å². The second-order valence-electron chi connectivity index (χ2n) is 14.8. The number of methoxy groups -OCH3 is 3. The molecule has 8 aromatic rings. The summed E-state index contributed by atoms with van der Waals surface area (Å²) in [5.74, 6) is -4.50. The van der Waals surface area contributed by atoms with Gasteiger partial charge in [-0.2, -0.15) is 0 Å². The highest BCUT2D eigenvalue weighted by atomic mass is 32.2. The molecule has 8 bridgehead atoms. The van der Waals surface area contributed by atoms with Gasteiger partial charge in [0.25, 0.3) is 0 Å². The molecule has 2 aliphatic heterocycles. The molecule has 0 saturated carbocycles. The highest BCUT2D eigenvalue weighted by Gasteiger charge is 2.31. The number of nitrogens with one attached hydrogen (secondary N) is 2. The number of rotatable bonds is 9. The number of aromatic amines is 2. The molecule has 2 aliphatic rings. The summed E-state index contributed by atoms with van der Waals surface area (Å²) in [6.07, 6.45) is 9.02. The number of halogens is 4. The van der Waals surface area contributed by atoms with Crippen LogP contribution >= 0.6 is 11.8 Å². The van der Waals surface area contributed by atoms with Crippen molar-refractivity contribution in [3.05, 3.63) is 162 Å². The van der Waals surface area contributed by atoms with Gasteiger partial charge < -0.3 is 24.2 Å². The van der Waals surface area contributed by atoms with E-state index in [4.69, 9.17) is 24.2 Å². The Labute approximate surface area is 373 Å². The number of nitrogens with zero attached hydrogens (tertiary/aromatic N) is 4. The van der Waals surface area contributed by atoms with E-state index >= 15 is 17.6 Å². The van der Waals surface area contributed by atoms with Crippen molar-refractivity contribution in [3.63, 3.8) is 0 Å². The molecule has 0 atom stereocenters. The molecule has 6 heterocycles. The molecule has 10 rings (SSSR count). The molecule has 65 heavy (non-hydrogen) atoms. The Balaban J connectivity index is 1.35. The van der Waals surface area contributed by atoms with Gasteiger partial charge >= 0.3 is 0 Å². The largest absolute Gasteiger partial charge is 0.497 e. The third-order valence-corrected chi connectivity index (χ3v) is 12.1. The smallest absolute Gasteiger partial charge is 0.176 e. The summed E-state index contributed by atoms with van der Waals surface area (Å²) >= 11 is 0.440. The van der Waals surface area contributed by atoms with Crippen molar-refractivity contribution in [1.82, 2.24) is 29.9 Å². The normalized spacial score (nSPS) is 11.9. The molecule has 14 heteroatoms. The maximum atomic E-state index is 16.8. The van der Waals surface area contributed by atoms with E-state index < -0.39 is 33.7 Å². The van der Waals surface area contributed by atoms with E-state index in [0.717, 1.165) is 33.3 Å². The van der Waals surface area contributed by atoms with E-state index in [0.29, 0.717) is 62.6 Å². The van der Waals surface area contributed by atoms with Gasteiger partial charge in [-0.1, -0.05) is 48.2 Å². The fourth-order valence-corrected chi connectivity index (χ4v) is 8.81. The monoisotopic (exact) mass is 886 g/mol. The van der Waals surface area contributed by atoms with Gasteiger partial charge in [-0.05, 0) is 108 Å². The fourth-order valence-electron chi connectivity index (χ4n) is 8.02. The van der Waals surface area contributed by atoms with E-state index in [2.05, 4.69) is 19.9 Å². The van der Waals surface area contributed by atoms with Crippen molar-refractivity contribution >= 4 is 58.1 Å². The van der Waals surface area contributed by atoms with Crippen LogP contribution < -0.4 is 14.2 Å². The third kappa shape index (κ3) is 7.46. The number of hydrogen-bond acceptors (Lipinski definition) is 8. The average molecular weight is 887 g/mol. The van der Waals surface area contributed by atoms with Gasteiger partial charge in [0.05, 0.1) is 54.6 Å². The van der Waals surface area contributed by atoms with Crippen molar-refractivity contribution < 1.29 is 31.8 Å². The molecule has 0 saturated heterocycles. The lowest BCUT2D eigenvalue weighted by Gasteiger charge is -2.13. The van der Waals surface area contributed by atoms with Crippen LogP contribution in [-0.4, -0.2) is 51.2 Å². The van der Waals surface area contributed by atoms with Crippen molar-refractivity contribution in [2.24, 2.45) is 0 Å². The molecular formula is C51H34F4N6O3S. The molecule has 9 nitrogen and oxygen atoms in total. The maximum absolute atomic E-state index is 16.8. The Bertz CT molecular complexity index is 3220. The quantitative estimate of drug-likeness (QED) is 0.0837. The highest BCUT2D eigenvalue weighted by molar-refractivity contribution is 7.99. The summed E-state index contributed by atoms with van der Waals surface area (Å²) in [6, 6.07) is 31.6. The van der Waals surface area contributed by atoms with E-state index in [1.165, 1.54) is 18.6 Å². The van der Waals surface area contributed by atoms with Crippen LogP contribution in [0.25, 0.3) is 90.9 Å². The highest BCUT2D eigenvalue weighted by Crippen LogP contribution is 2.43. The van der Waals surface area contributed by atoms with Gasteiger partial charge in [-0.3, -0.25) is 0 Å². The van der Waals surface area contributed by atoms with Gasteiger partial charge in [0, 0.05) is 50.5 Å². The van der Waals surface area contributed by atoms with Gasteiger partial charge in [0.1, 0.15) is 28.6 Å². The molecule has 0 spiro atoms. The Kier molecular flexibility index (Phi) is 10.7. The molecule has 0 fully saturated rings. The Hall–Kier alpha value is -7.97. The third-order valence-electron chi connectivity index (χ3n) is 11.1. The van der Waals surface area contributed by atoms with Crippen LogP contribution in [0.3, 0.4) is 0 Å². The molecular weight excluding hydrogens is 853 g/mol. The van der Waals surface area contributed by atoms with Crippen molar-refractivity contribution in [2.75, 3.05) is 21.3 Å². The first-order valence-corrected chi connectivity index (χ1v) is 20.9. The number of hydrogen-bond donors (Lipinski definition) is 2. The summed E-state index contributed by atoms with van der Waals surface area (Å²) in [6.45, 7) is 0. The predicted molar refractivity (Wildman–Crippen MR) is 246 cm³/mol. The minimum absolute atomic E-state index is 0.0148. The predicted octanol–water partition coefficient (Wildman–Crippen LogP) is 12.8. The lowest BCUT2D eigenvalue weighted by molar-refractivity contribution is 0.415. The summed E-state index contributed by atoms with van der Waals surface area (Å²) < 4.78 is 82.6. The molecule has 4 aromatic carbocycles. The lowest BCUT2D eigenvalue weighted by Crippen LogP contribution is -2.05. The molecule has 320 valence electrons. The zero-order chi connectivity index (χ0) is 44.8. The average Bonchev–Trinajstić information content (AvgIpc) is 4.20. The summed E-state index contributed by atoms with van der Waals surface area (Å²) in [5, 5.41) is 0.0864. The zero-order valence-electron chi connectivity index (χ0n) is 34.7. The summed E-state index contributed by atoms with van der Waals surface area (Å²) in [7, 11) is 4.76. The number of aromatic nitrogens is 6. The van der Waals surface area contributed by atoms with Crippen LogP contribution in [0.5, 0.6) is 17.2 Å². The minimum atomic E-state index is -1.62. The van der Waals surface area contributed by atoms with Crippen LogP contribution in [-0.2, 0) is 0 Å². The molecule has 4 aromatic heterocycles. The van der Waals surface area contributed by atoms with Gasteiger partial charge in [-0.15, -0.1) is 0 Å². The van der Waals surface area contributed by atoms with E-state index in [1.807, 2.05) is 97.1 Å². The second-order valence-corrected chi connectivity index (χ2v) is 15.8. The maximum Gasteiger partial charge on any atom is 0.176 e. The van der Waals surface area contributed by atoms with Crippen LogP contribution in [0.1, 0.15) is 22.8 Å². The number of H-pyrrole nitrogens is 2. The Morgan fingerprint density at radius 1 is 0.431 bits per heavy atom. The number of ether oxygens (including phenoxy) is 3. The van der Waals surface area contributed by atoms with Gasteiger partial charge in [0.15, 0.2) is 23.3 Å². The molecule has 0 amide bonds. The van der Waals surface area contributed by atoms with Crippen LogP contribution in [0.2, 0.25) is 0 Å². The summed E-state index contributed by atoms with van der Waals surface area (Å²) in [4.78, 5) is 24.1. The van der Waals surface area contributed by atoms with Crippen LogP contribution in [0.15, 0.2) is 126 Å². The number of fused-ring (bicyclic) bond motifs is 8. The zero-order valence-corrected chi connectivity index (χ0v) is 35.5. The molecule has 0 aliphatic carbocycles. The first kappa shape index (κ1) is 41.1. The van der Waals surface area contributed by atoms with E-state index in [9.17, 15) is 0 Å². The SMILES string of the molecule is COc1ccc(-c2c3nc(c(-c4c(F)c(F)c(Sc5ccncn5)c(F)c4F)c4nc(c(-c5ccc(OC)cc5)c5ccc([nH]5)c(-c5ccc(OC)cc5)c5ccc2[nH]5)C=C4)C=C3)cc1. The fraction of sp³-hybridized carbons (Fsp3) is 0.0588. The second kappa shape index (κ2) is 17.0. The van der Waals surface area contributed by atoms with Gasteiger partial charge in [0.2, 0.25) is 0 Å². The first-order valence-electron chi connectivity index (χ1n) is 20.1. The van der Waals surface area contributed by atoms with E-state index in [-0.39, 0.29) is 22.0 Å². The lowest BCUT2D eigenvalue weighted by atomic mass is 10.00. The summed E-state index contributed by atoms with van der Waals surface area (Å²) in [5.41, 5.74) is 6.84. The topological polar surface area (TPSA) is 111 Å². The van der Waals surface area contributed by atoms with Crippen molar-refractivity contribution in [1.29, 1.82) is 0 Å². The molecule has 0 radical (unpaired) electrons. The molecule has 2 N–H and O–H groups in total. The first-order chi connectivity index (χ1) is 31.7. The Morgan fingerprint density at radius 2 is 0.815 bits per heavy atom. The van der Waals surface area contributed by atoms with Gasteiger partial charge in [-0.25, -0.2) is 37.5 Å². The molecule has 0 unspecified atom stereocenters. The van der Waals surface area contributed by atoms with E-state index in [1.54, 1.807) is 45.6 Å². The van der Waals surface area contributed by atoms with Crippen LogP contribution in [0.4, 0.5) is 17.6 Å². The Morgan fingerprint density at radius 3 is 1.20 bits per heavy atom. The number of benzene rings is 4. The minimum Gasteiger partial charge on any atom is -0.497 e. The van der Waals surface area contributed by atoms with Crippen LogP contribution in [0, 0.1) is 23.3 Å². The van der Waals surface area contributed by atoms with Crippen molar-refractivity contribution in [3.8, 4) is 61.8 Å².